The van der Waals surface area contributed by atoms with Crippen molar-refractivity contribution in [2.75, 3.05) is 0 Å². The van der Waals surface area contributed by atoms with Crippen molar-refractivity contribution in [3.05, 3.63) is 42.1 Å². The van der Waals surface area contributed by atoms with Crippen LogP contribution in [0.3, 0.4) is 0 Å². The van der Waals surface area contributed by atoms with Crippen molar-refractivity contribution in [3.8, 4) is 11.3 Å². The summed E-state index contributed by atoms with van der Waals surface area (Å²) in [4.78, 5) is 10.6. The largest absolute Gasteiger partial charge is 0.478 e. The van der Waals surface area contributed by atoms with Gasteiger partial charge in [0.1, 0.15) is 0 Å². The van der Waals surface area contributed by atoms with E-state index in [1.54, 1.807) is 24.4 Å². The fourth-order valence-electron chi connectivity index (χ4n) is 1.14. The predicted octanol–water partition coefficient (Wildman–Crippen LogP) is 2.04. The van der Waals surface area contributed by atoms with Gasteiger partial charge in [0, 0.05) is 11.6 Å². The topological polar surface area (TPSA) is 63.3 Å². The first kappa shape index (κ1) is 8.50. The van der Waals surface area contributed by atoms with E-state index >= 15 is 0 Å². The number of carbonyl (C=O) groups is 1. The molecule has 1 aromatic heterocycles. The third-order valence-electron chi connectivity index (χ3n) is 1.85. The van der Waals surface area contributed by atoms with Crippen molar-refractivity contribution in [2.45, 2.75) is 0 Å². The molecule has 4 heteroatoms. The maximum Gasteiger partial charge on any atom is 0.335 e. The van der Waals surface area contributed by atoms with Gasteiger partial charge >= 0.3 is 5.97 Å². The van der Waals surface area contributed by atoms with E-state index in [4.69, 9.17) is 9.63 Å². The zero-order valence-corrected chi connectivity index (χ0v) is 7.18. The van der Waals surface area contributed by atoms with Gasteiger partial charge in [0.15, 0.2) is 5.76 Å². The van der Waals surface area contributed by atoms with Crippen LogP contribution < -0.4 is 0 Å². The van der Waals surface area contributed by atoms with Crippen LogP contribution in [-0.4, -0.2) is 16.2 Å². The van der Waals surface area contributed by atoms with E-state index in [-0.39, 0.29) is 5.56 Å². The van der Waals surface area contributed by atoms with Gasteiger partial charge in [-0.05, 0) is 12.1 Å². The molecule has 0 amide bonds. The zero-order valence-electron chi connectivity index (χ0n) is 7.18. The first-order valence-electron chi connectivity index (χ1n) is 4.02. The highest BCUT2D eigenvalue weighted by atomic mass is 16.5. The summed E-state index contributed by atoms with van der Waals surface area (Å²) in [6, 6.07) is 8.14. The smallest absolute Gasteiger partial charge is 0.335 e. The molecule has 0 aliphatic carbocycles. The lowest BCUT2D eigenvalue weighted by Gasteiger charge is -1.96. The molecular weight excluding hydrogens is 182 g/mol. The minimum absolute atomic E-state index is 0.258. The molecule has 0 unspecified atom stereocenters. The molecule has 0 saturated heterocycles. The average Bonchev–Trinajstić information content (AvgIpc) is 2.71. The summed E-state index contributed by atoms with van der Waals surface area (Å²) in [6.07, 6.45) is 1.54. The number of aromatic nitrogens is 1. The molecule has 0 saturated carbocycles. The quantitative estimate of drug-likeness (QED) is 0.785. The number of carboxylic acid groups (broad SMARTS) is 1. The normalized spacial score (nSPS) is 10.0. The highest BCUT2D eigenvalue weighted by Gasteiger charge is 2.04. The molecule has 1 heterocycles. The Morgan fingerprint density at radius 3 is 2.43 bits per heavy atom. The summed E-state index contributed by atoms with van der Waals surface area (Å²) < 4.78 is 4.92. The lowest BCUT2D eigenvalue weighted by Crippen LogP contribution is -1.94. The molecule has 4 nitrogen and oxygen atoms in total. The molecule has 14 heavy (non-hydrogen) atoms. The zero-order chi connectivity index (χ0) is 9.97. The van der Waals surface area contributed by atoms with Gasteiger partial charge in [-0.25, -0.2) is 4.79 Å². The van der Waals surface area contributed by atoms with Crippen molar-refractivity contribution >= 4 is 5.97 Å². The Bertz CT molecular complexity index is 431. The summed E-state index contributed by atoms with van der Waals surface area (Å²) in [5.41, 5.74) is 1.07. The van der Waals surface area contributed by atoms with Crippen LogP contribution in [-0.2, 0) is 0 Å². The fourth-order valence-corrected chi connectivity index (χ4v) is 1.14. The lowest BCUT2D eigenvalue weighted by atomic mass is 10.1. The Hall–Kier alpha value is -2.10. The number of hydrogen-bond acceptors (Lipinski definition) is 3. The lowest BCUT2D eigenvalue weighted by molar-refractivity contribution is 0.0697. The van der Waals surface area contributed by atoms with Crippen molar-refractivity contribution in [3.63, 3.8) is 0 Å². The Morgan fingerprint density at radius 1 is 1.21 bits per heavy atom. The van der Waals surface area contributed by atoms with Crippen molar-refractivity contribution in [2.24, 2.45) is 0 Å². The third kappa shape index (κ3) is 1.50. The second-order valence-corrected chi connectivity index (χ2v) is 2.76. The molecule has 70 valence electrons. The number of carboxylic acids is 1. The maximum absolute atomic E-state index is 10.6. The Morgan fingerprint density at radius 2 is 1.93 bits per heavy atom. The fraction of sp³-hybridized carbons (Fsp3) is 0. The summed E-state index contributed by atoms with van der Waals surface area (Å²) in [5, 5.41) is 12.2. The van der Waals surface area contributed by atoms with E-state index in [0.717, 1.165) is 5.56 Å². The molecule has 0 bridgehead atoms. The molecule has 0 fully saturated rings. The van der Waals surface area contributed by atoms with E-state index in [2.05, 4.69) is 5.16 Å². The Labute approximate surface area is 79.8 Å². The molecule has 0 spiro atoms. The van der Waals surface area contributed by atoms with Gasteiger partial charge in [-0.2, -0.15) is 0 Å². The highest BCUT2D eigenvalue weighted by molar-refractivity contribution is 5.88. The summed E-state index contributed by atoms with van der Waals surface area (Å²) >= 11 is 0. The van der Waals surface area contributed by atoms with Crippen LogP contribution in [0.4, 0.5) is 0 Å². The number of rotatable bonds is 2. The predicted molar refractivity (Wildman–Crippen MR) is 48.9 cm³/mol. The molecule has 0 aliphatic heterocycles. The van der Waals surface area contributed by atoms with E-state index in [1.165, 1.54) is 12.1 Å². The van der Waals surface area contributed by atoms with Gasteiger partial charge in [0.05, 0.1) is 11.8 Å². The van der Waals surface area contributed by atoms with Gasteiger partial charge in [-0.1, -0.05) is 17.3 Å². The third-order valence-corrected chi connectivity index (χ3v) is 1.85. The molecule has 0 aliphatic rings. The van der Waals surface area contributed by atoms with Gasteiger partial charge < -0.3 is 9.63 Å². The molecule has 0 radical (unpaired) electrons. The Balaban J connectivity index is 2.36. The first-order valence-corrected chi connectivity index (χ1v) is 4.02. The number of benzene rings is 1. The number of hydrogen-bond donors (Lipinski definition) is 1. The van der Waals surface area contributed by atoms with Crippen molar-refractivity contribution < 1.29 is 14.4 Å². The minimum atomic E-state index is -0.936. The van der Waals surface area contributed by atoms with Crippen LogP contribution >= 0.6 is 0 Å². The van der Waals surface area contributed by atoms with Crippen molar-refractivity contribution in [1.29, 1.82) is 0 Å². The molecule has 1 aromatic carbocycles. The van der Waals surface area contributed by atoms with Crippen LogP contribution in [0.25, 0.3) is 11.3 Å². The second-order valence-electron chi connectivity index (χ2n) is 2.76. The van der Waals surface area contributed by atoms with Crippen molar-refractivity contribution in [1.82, 2.24) is 5.16 Å². The summed E-state index contributed by atoms with van der Waals surface area (Å²) in [7, 11) is 0. The standard InChI is InChI=1S/C10H7NO3/c12-10(13)8-3-1-7(2-4-8)9-5-6-11-14-9/h1-6H,(H,12,13). The highest BCUT2D eigenvalue weighted by Crippen LogP contribution is 2.18. The van der Waals surface area contributed by atoms with Crippen LogP contribution in [0.15, 0.2) is 41.1 Å². The maximum atomic E-state index is 10.6. The monoisotopic (exact) mass is 189 g/mol. The molecular formula is C10H7NO3. The van der Waals surface area contributed by atoms with Crippen LogP contribution in [0.2, 0.25) is 0 Å². The van der Waals surface area contributed by atoms with Gasteiger partial charge in [-0.3, -0.25) is 0 Å². The van der Waals surface area contributed by atoms with E-state index < -0.39 is 5.97 Å². The summed E-state index contributed by atoms with van der Waals surface area (Å²) in [6.45, 7) is 0. The minimum Gasteiger partial charge on any atom is -0.478 e. The number of aromatic carboxylic acids is 1. The van der Waals surface area contributed by atoms with Crippen LogP contribution in [0, 0.1) is 0 Å². The van der Waals surface area contributed by atoms with Crippen LogP contribution in [0.1, 0.15) is 10.4 Å². The van der Waals surface area contributed by atoms with E-state index in [1.807, 2.05) is 0 Å². The van der Waals surface area contributed by atoms with Gasteiger partial charge in [-0.15, -0.1) is 0 Å². The Kier molecular flexibility index (Phi) is 2.02. The number of nitrogens with zero attached hydrogens (tertiary/aromatic N) is 1. The molecule has 1 N–H and O–H groups in total. The summed E-state index contributed by atoms with van der Waals surface area (Å²) in [5.74, 6) is -0.309. The van der Waals surface area contributed by atoms with Crippen LogP contribution in [0.5, 0.6) is 0 Å². The second kappa shape index (κ2) is 3.33. The molecule has 0 atom stereocenters. The molecule has 2 aromatic rings. The van der Waals surface area contributed by atoms with E-state index in [0.29, 0.717) is 5.76 Å². The van der Waals surface area contributed by atoms with Gasteiger partial charge in [0.25, 0.3) is 0 Å². The van der Waals surface area contributed by atoms with E-state index in [9.17, 15) is 4.79 Å². The molecule has 2 rings (SSSR count). The average molecular weight is 189 g/mol. The SMILES string of the molecule is O=C(O)c1ccc(-c2ccno2)cc1. The van der Waals surface area contributed by atoms with Gasteiger partial charge in [0.2, 0.25) is 0 Å². The first-order chi connectivity index (χ1) is 6.77.